The van der Waals surface area contributed by atoms with Gasteiger partial charge >= 0.3 is 0 Å². The minimum atomic E-state index is -0.985. The predicted octanol–water partition coefficient (Wildman–Crippen LogP) is 1.74. The molecule has 0 saturated carbocycles. The monoisotopic (exact) mass is 379 g/mol. The summed E-state index contributed by atoms with van der Waals surface area (Å²) in [7, 11) is 4.86. The zero-order chi connectivity index (χ0) is 20.3. The number of carbonyl (C=O) groups is 3. The van der Waals surface area contributed by atoms with Crippen molar-refractivity contribution < 1.29 is 14.4 Å². The second-order valence-corrected chi connectivity index (χ2v) is 7.23. The molecule has 6 nitrogen and oxygen atoms in total. The van der Waals surface area contributed by atoms with E-state index in [0.717, 1.165) is 16.8 Å². The Balaban J connectivity index is 2.00. The number of hydrogen-bond donors (Lipinski definition) is 1. The lowest BCUT2D eigenvalue weighted by molar-refractivity contribution is -0.137. The molecule has 2 aromatic rings. The van der Waals surface area contributed by atoms with E-state index in [1.165, 1.54) is 11.9 Å². The van der Waals surface area contributed by atoms with Crippen molar-refractivity contribution in [2.45, 2.75) is 18.3 Å². The van der Waals surface area contributed by atoms with E-state index in [-0.39, 0.29) is 30.7 Å². The number of nitrogens with one attached hydrogen (secondary N) is 1. The molecule has 0 aromatic heterocycles. The molecule has 2 aromatic carbocycles. The molecule has 1 aliphatic heterocycles. The molecule has 0 saturated heterocycles. The van der Waals surface area contributed by atoms with Gasteiger partial charge < -0.3 is 15.1 Å². The largest absolute Gasteiger partial charge is 0.358 e. The Bertz CT molecular complexity index is 897. The topological polar surface area (TPSA) is 69.7 Å². The number of rotatable bonds is 6. The van der Waals surface area contributed by atoms with Crippen molar-refractivity contribution in [2.24, 2.45) is 0 Å². The molecule has 1 atom stereocenters. The fraction of sp³-hybridized carbons (Fsp3) is 0.318. The van der Waals surface area contributed by atoms with Crippen molar-refractivity contribution in [1.82, 2.24) is 10.2 Å². The Morgan fingerprint density at radius 1 is 1.07 bits per heavy atom. The average molecular weight is 379 g/mol. The van der Waals surface area contributed by atoms with E-state index in [4.69, 9.17) is 0 Å². The van der Waals surface area contributed by atoms with Crippen LogP contribution in [-0.2, 0) is 26.2 Å². The van der Waals surface area contributed by atoms with E-state index in [2.05, 4.69) is 5.32 Å². The fourth-order valence-corrected chi connectivity index (χ4v) is 3.84. The molecule has 1 heterocycles. The zero-order valence-electron chi connectivity index (χ0n) is 16.4. The number of benzene rings is 2. The number of hydrogen-bond acceptors (Lipinski definition) is 3. The third-order valence-electron chi connectivity index (χ3n) is 5.38. The summed E-state index contributed by atoms with van der Waals surface area (Å²) in [5, 5.41) is 2.52. The summed E-state index contributed by atoms with van der Waals surface area (Å²) in [6.45, 7) is -0.0393. The second kappa shape index (κ2) is 7.84. The van der Waals surface area contributed by atoms with Gasteiger partial charge in [-0.05, 0) is 23.6 Å². The Morgan fingerprint density at radius 3 is 2.39 bits per heavy atom. The van der Waals surface area contributed by atoms with Crippen molar-refractivity contribution in [1.29, 1.82) is 0 Å². The van der Waals surface area contributed by atoms with Crippen LogP contribution < -0.4 is 10.2 Å². The van der Waals surface area contributed by atoms with E-state index in [9.17, 15) is 14.4 Å². The summed E-state index contributed by atoms with van der Waals surface area (Å²) < 4.78 is 0. The molecular formula is C22H25N3O3. The number of anilines is 1. The average Bonchev–Trinajstić information content (AvgIpc) is 2.91. The van der Waals surface area contributed by atoms with Crippen LogP contribution in [0.3, 0.4) is 0 Å². The van der Waals surface area contributed by atoms with Crippen molar-refractivity contribution in [3.63, 3.8) is 0 Å². The molecule has 28 heavy (non-hydrogen) atoms. The predicted molar refractivity (Wildman–Crippen MR) is 108 cm³/mol. The van der Waals surface area contributed by atoms with Crippen molar-refractivity contribution >= 4 is 23.4 Å². The van der Waals surface area contributed by atoms with E-state index in [1.54, 1.807) is 19.0 Å². The second-order valence-electron chi connectivity index (χ2n) is 7.23. The minimum Gasteiger partial charge on any atom is -0.358 e. The Morgan fingerprint density at radius 2 is 1.71 bits per heavy atom. The van der Waals surface area contributed by atoms with Gasteiger partial charge in [-0.1, -0.05) is 48.5 Å². The van der Waals surface area contributed by atoms with Gasteiger partial charge in [0.2, 0.25) is 17.7 Å². The summed E-state index contributed by atoms with van der Waals surface area (Å²) in [4.78, 5) is 41.1. The first kappa shape index (κ1) is 19.6. The maximum atomic E-state index is 13.4. The summed E-state index contributed by atoms with van der Waals surface area (Å²) in [6, 6.07) is 17.3. The number of carbonyl (C=O) groups excluding carboxylic acids is 3. The van der Waals surface area contributed by atoms with Gasteiger partial charge in [0.1, 0.15) is 0 Å². The van der Waals surface area contributed by atoms with Crippen molar-refractivity contribution in [3.8, 4) is 0 Å². The number of amides is 3. The van der Waals surface area contributed by atoms with Gasteiger partial charge in [-0.15, -0.1) is 0 Å². The van der Waals surface area contributed by atoms with Crippen LogP contribution in [0.15, 0.2) is 54.6 Å². The quantitative estimate of drug-likeness (QED) is 0.831. The maximum Gasteiger partial charge on any atom is 0.239 e. The lowest BCUT2D eigenvalue weighted by Gasteiger charge is -2.30. The smallest absolute Gasteiger partial charge is 0.239 e. The summed E-state index contributed by atoms with van der Waals surface area (Å²) in [6.07, 6.45) is 0.434. The first-order valence-corrected chi connectivity index (χ1v) is 9.25. The molecule has 1 N–H and O–H groups in total. The molecular weight excluding hydrogens is 354 g/mol. The van der Waals surface area contributed by atoms with Crippen LogP contribution in [0.1, 0.15) is 17.5 Å². The van der Waals surface area contributed by atoms with Gasteiger partial charge in [-0.3, -0.25) is 14.4 Å². The first-order chi connectivity index (χ1) is 13.4. The zero-order valence-corrected chi connectivity index (χ0v) is 16.4. The molecule has 0 spiro atoms. The van der Waals surface area contributed by atoms with Crippen molar-refractivity contribution in [3.05, 3.63) is 65.7 Å². The summed E-state index contributed by atoms with van der Waals surface area (Å²) >= 11 is 0. The molecule has 6 heteroatoms. The highest BCUT2D eigenvalue weighted by Crippen LogP contribution is 2.45. The highest BCUT2D eigenvalue weighted by Gasteiger charge is 2.51. The normalized spacial score (nSPS) is 18.0. The van der Waals surface area contributed by atoms with Gasteiger partial charge in [0.25, 0.3) is 0 Å². The van der Waals surface area contributed by atoms with Crippen LogP contribution in [0.4, 0.5) is 5.69 Å². The van der Waals surface area contributed by atoms with Gasteiger partial charge in [0, 0.05) is 33.3 Å². The maximum absolute atomic E-state index is 13.4. The van der Waals surface area contributed by atoms with Crippen LogP contribution in [0.5, 0.6) is 0 Å². The molecule has 0 unspecified atom stereocenters. The molecule has 0 aliphatic carbocycles. The highest BCUT2D eigenvalue weighted by atomic mass is 16.2. The van der Waals surface area contributed by atoms with E-state index in [0.29, 0.717) is 6.42 Å². The number of nitrogens with zero attached hydrogens (tertiary/aromatic N) is 2. The number of likely N-dealkylation sites (N-methyl/N-ethyl adjacent to an activating group) is 3. The van der Waals surface area contributed by atoms with Crippen LogP contribution in [0.2, 0.25) is 0 Å². The number of fused-ring (bicyclic) bond motifs is 1. The first-order valence-electron chi connectivity index (χ1n) is 9.25. The Hall–Kier alpha value is -3.15. The van der Waals surface area contributed by atoms with E-state index >= 15 is 0 Å². The van der Waals surface area contributed by atoms with Crippen LogP contribution in [-0.4, -0.2) is 50.3 Å². The Kier molecular flexibility index (Phi) is 5.49. The summed E-state index contributed by atoms with van der Waals surface area (Å²) in [5.41, 5.74) is 1.68. The van der Waals surface area contributed by atoms with Crippen LogP contribution in [0, 0.1) is 0 Å². The molecule has 0 fully saturated rings. The minimum absolute atomic E-state index is 0.00950. The molecule has 0 bridgehead atoms. The number of para-hydroxylation sites is 1. The van der Waals surface area contributed by atoms with Gasteiger partial charge in [0.05, 0.1) is 12.0 Å². The van der Waals surface area contributed by atoms with Gasteiger partial charge in [-0.2, -0.15) is 0 Å². The molecule has 3 amide bonds. The highest BCUT2D eigenvalue weighted by molar-refractivity contribution is 6.10. The Labute approximate surface area is 165 Å². The van der Waals surface area contributed by atoms with E-state index < -0.39 is 5.41 Å². The fourth-order valence-electron chi connectivity index (χ4n) is 3.84. The molecule has 1 aliphatic rings. The van der Waals surface area contributed by atoms with Gasteiger partial charge in [0.15, 0.2) is 0 Å². The van der Waals surface area contributed by atoms with Crippen LogP contribution in [0.25, 0.3) is 0 Å². The SMILES string of the molecule is CNC(=O)CN(C)C(=O)C[C@]1(Cc2ccccc2)C(=O)N(C)c2ccccc21. The third-order valence-corrected chi connectivity index (χ3v) is 5.38. The molecule has 0 radical (unpaired) electrons. The molecule has 3 rings (SSSR count). The third kappa shape index (κ3) is 3.50. The molecule has 146 valence electrons. The lowest BCUT2D eigenvalue weighted by Crippen LogP contribution is -2.46. The van der Waals surface area contributed by atoms with Crippen LogP contribution >= 0.6 is 0 Å². The summed E-state index contributed by atoms with van der Waals surface area (Å²) in [5.74, 6) is -0.583. The van der Waals surface area contributed by atoms with Gasteiger partial charge in [-0.25, -0.2) is 0 Å². The van der Waals surface area contributed by atoms with Crippen molar-refractivity contribution in [2.75, 3.05) is 32.6 Å². The van der Waals surface area contributed by atoms with E-state index in [1.807, 2.05) is 54.6 Å². The lowest BCUT2D eigenvalue weighted by atomic mass is 9.73. The standard InChI is InChI=1S/C22H25N3O3/c1-23-19(26)15-24(2)20(27)14-22(13-16-9-5-4-6-10-16)17-11-7-8-12-18(17)25(3)21(22)28/h4-12H,13-15H2,1-3H3,(H,23,26)/t22-/m0/s1.